The molecule has 0 bridgehead atoms. The molecule has 2 aliphatic rings. The second-order valence-electron chi connectivity index (χ2n) is 3.42. The molecule has 0 saturated heterocycles. The van der Waals surface area contributed by atoms with Crippen molar-refractivity contribution in [2.45, 2.75) is 29.1 Å². The van der Waals surface area contributed by atoms with E-state index >= 15 is 0 Å². The van der Waals surface area contributed by atoms with Crippen LogP contribution in [-0.2, 0) is 0 Å². The van der Waals surface area contributed by atoms with Gasteiger partial charge < -0.3 is 4.74 Å². The number of para-hydroxylation sites is 1. The average molecular weight is 178 g/mol. The van der Waals surface area contributed by atoms with Gasteiger partial charge in [0.1, 0.15) is 5.75 Å². The highest BCUT2D eigenvalue weighted by Gasteiger charge is 2.45. The molecule has 0 atom stereocenters. The normalized spacial score (nSPS) is 23.0. The van der Waals surface area contributed by atoms with Crippen LogP contribution in [0.25, 0.3) is 0 Å². The number of rotatable bonds is 0. The summed E-state index contributed by atoms with van der Waals surface area (Å²) in [7, 11) is 0. The summed E-state index contributed by atoms with van der Waals surface area (Å²) in [4.78, 5) is 1.46. The Labute approximate surface area is 76.1 Å². The molecule has 12 heavy (non-hydrogen) atoms. The van der Waals surface area contributed by atoms with Crippen LogP contribution in [0.1, 0.15) is 19.3 Å². The Morgan fingerprint density at radius 2 is 2.08 bits per heavy atom. The van der Waals surface area contributed by atoms with E-state index in [1.807, 2.05) is 17.8 Å². The second-order valence-corrected chi connectivity index (χ2v) is 4.80. The molecule has 1 aliphatic carbocycles. The molecule has 1 aliphatic heterocycles. The molecule has 0 N–H and O–H groups in total. The van der Waals surface area contributed by atoms with E-state index in [0.29, 0.717) is 0 Å². The highest BCUT2D eigenvalue weighted by atomic mass is 32.2. The fraction of sp³-hybridized carbons (Fsp3) is 0.400. The summed E-state index contributed by atoms with van der Waals surface area (Å²) in [6.07, 6.45) is 3.75. The van der Waals surface area contributed by atoms with Gasteiger partial charge in [-0.05, 0) is 31.4 Å². The monoisotopic (exact) mass is 178 g/mol. The molecule has 0 amide bonds. The van der Waals surface area contributed by atoms with Gasteiger partial charge in [-0.15, -0.1) is 0 Å². The summed E-state index contributed by atoms with van der Waals surface area (Å²) in [5.74, 6) is 1.09. The van der Waals surface area contributed by atoms with Crippen LogP contribution in [0.15, 0.2) is 29.2 Å². The quantitative estimate of drug-likeness (QED) is 0.604. The smallest absolute Gasteiger partial charge is 0.159 e. The zero-order chi connectivity index (χ0) is 8.02. The zero-order valence-corrected chi connectivity index (χ0v) is 7.56. The summed E-state index contributed by atoms with van der Waals surface area (Å²) in [6.45, 7) is 0. The molecule has 0 radical (unpaired) electrons. The van der Waals surface area contributed by atoms with Crippen LogP contribution >= 0.6 is 11.8 Å². The van der Waals surface area contributed by atoms with Gasteiger partial charge in [0.25, 0.3) is 0 Å². The van der Waals surface area contributed by atoms with E-state index in [1.54, 1.807) is 0 Å². The Morgan fingerprint density at radius 3 is 2.75 bits per heavy atom. The van der Waals surface area contributed by atoms with Crippen LogP contribution in [0.4, 0.5) is 0 Å². The van der Waals surface area contributed by atoms with Crippen molar-refractivity contribution in [3.05, 3.63) is 24.3 Å². The molecule has 1 heterocycles. The van der Waals surface area contributed by atoms with Crippen molar-refractivity contribution in [2.24, 2.45) is 0 Å². The average Bonchev–Trinajstić information content (AvgIpc) is 2.42. The number of hydrogen-bond donors (Lipinski definition) is 0. The van der Waals surface area contributed by atoms with E-state index < -0.39 is 0 Å². The van der Waals surface area contributed by atoms with Crippen molar-refractivity contribution in [3.63, 3.8) is 0 Å². The van der Waals surface area contributed by atoms with E-state index in [4.69, 9.17) is 4.74 Å². The molecular formula is C10H10OS. The Hall–Kier alpha value is -0.630. The van der Waals surface area contributed by atoms with Gasteiger partial charge >= 0.3 is 0 Å². The molecule has 1 aromatic carbocycles. The van der Waals surface area contributed by atoms with Crippen LogP contribution in [0.2, 0.25) is 0 Å². The van der Waals surface area contributed by atoms with Crippen molar-refractivity contribution in [1.82, 2.24) is 0 Å². The third kappa shape index (κ3) is 0.816. The fourth-order valence-corrected chi connectivity index (χ4v) is 3.09. The van der Waals surface area contributed by atoms with Crippen LogP contribution in [0, 0.1) is 0 Å². The lowest BCUT2D eigenvalue weighted by Crippen LogP contribution is -2.36. The largest absolute Gasteiger partial charge is 0.475 e. The van der Waals surface area contributed by atoms with Crippen molar-refractivity contribution >= 4 is 11.8 Å². The van der Waals surface area contributed by atoms with Gasteiger partial charge in [-0.25, -0.2) is 0 Å². The molecule has 0 unspecified atom stereocenters. The minimum Gasteiger partial charge on any atom is -0.475 e. The standard InChI is InChI=1S/C10H10OS/c1-2-5-9-8(4-1)11-10(12-9)6-3-7-10/h1-2,4-5H,3,6-7H2. The van der Waals surface area contributed by atoms with E-state index in [-0.39, 0.29) is 4.93 Å². The molecule has 1 nitrogen and oxygen atoms in total. The van der Waals surface area contributed by atoms with Crippen molar-refractivity contribution < 1.29 is 4.74 Å². The number of fused-ring (bicyclic) bond motifs is 1. The van der Waals surface area contributed by atoms with Gasteiger partial charge in [0.05, 0.1) is 4.90 Å². The van der Waals surface area contributed by atoms with Gasteiger partial charge in [-0.2, -0.15) is 0 Å². The van der Waals surface area contributed by atoms with Gasteiger partial charge in [0.15, 0.2) is 4.93 Å². The third-order valence-corrected chi connectivity index (χ3v) is 3.98. The topological polar surface area (TPSA) is 9.23 Å². The molecule has 1 spiro atoms. The Balaban J connectivity index is 1.99. The zero-order valence-electron chi connectivity index (χ0n) is 6.75. The third-order valence-electron chi connectivity index (χ3n) is 2.56. The molecule has 1 saturated carbocycles. The highest BCUT2D eigenvalue weighted by Crippen LogP contribution is 2.56. The first-order chi connectivity index (χ1) is 5.88. The van der Waals surface area contributed by atoms with Gasteiger partial charge in [0.2, 0.25) is 0 Å². The molecule has 3 rings (SSSR count). The van der Waals surface area contributed by atoms with E-state index in [0.717, 1.165) is 5.75 Å². The summed E-state index contributed by atoms with van der Waals surface area (Å²) >= 11 is 1.90. The highest BCUT2D eigenvalue weighted by molar-refractivity contribution is 8.01. The molecule has 1 fully saturated rings. The maximum absolute atomic E-state index is 5.89. The van der Waals surface area contributed by atoms with Crippen LogP contribution in [-0.4, -0.2) is 4.93 Å². The lowest BCUT2D eigenvalue weighted by Gasteiger charge is -2.35. The Morgan fingerprint density at radius 1 is 1.25 bits per heavy atom. The Kier molecular flexibility index (Phi) is 1.25. The van der Waals surface area contributed by atoms with Crippen molar-refractivity contribution in [3.8, 4) is 5.75 Å². The fourth-order valence-electron chi connectivity index (χ4n) is 1.71. The summed E-state index contributed by atoms with van der Waals surface area (Å²) in [6, 6.07) is 8.33. The predicted molar refractivity (Wildman–Crippen MR) is 49.5 cm³/mol. The maximum atomic E-state index is 5.89. The lowest BCUT2D eigenvalue weighted by molar-refractivity contribution is 0.0908. The van der Waals surface area contributed by atoms with E-state index in [2.05, 4.69) is 18.2 Å². The summed E-state index contributed by atoms with van der Waals surface area (Å²) < 4.78 is 5.89. The minimum atomic E-state index is 0.143. The van der Waals surface area contributed by atoms with E-state index in [9.17, 15) is 0 Å². The van der Waals surface area contributed by atoms with Crippen LogP contribution in [0.3, 0.4) is 0 Å². The van der Waals surface area contributed by atoms with Crippen molar-refractivity contribution in [1.29, 1.82) is 0 Å². The van der Waals surface area contributed by atoms with Crippen LogP contribution < -0.4 is 4.74 Å². The number of ether oxygens (including phenoxy) is 1. The molecule has 1 aromatic rings. The van der Waals surface area contributed by atoms with Gasteiger partial charge in [-0.3, -0.25) is 0 Å². The van der Waals surface area contributed by atoms with Gasteiger partial charge in [0, 0.05) is 0 Å². The number of benzene rings is 1. The first kappa shape index (κ1) is 6.84. The maximum Gasteiger partial charge on any atom is 0.159 e. The first-order valence-electron chi connectivity index (χ1n) is 4.35. The van der Waals surface area contributed by atoms with Crippen molar-refractivity contribution in [2.75, 3.05) is 0 Å². The summed E-state index contributed by atoms with van der Waals surface area (Å²) in [5.41, 5.74) is 0. The minimum absolute atomic E-state index is 0.143. The lowest BCUT2D eigenvalue weighted by atomic mass is 9.95. The number of thioether (sulfide) groups is 1. The predicted octanol–water partition coefficient (Wildman–Crippen LogP) is 3.05. The first-order valence-corrected chi connectivity index (χ1v) is 5.17. The summed E-state index contributed by atoms with van der Waals surface area (Å²) in [5, 5.41) is 0. The SMILES string of the molecule is c1ccc2c(c1)OC1(CCC1)S2. The number of hydrogen-bond acceptors (Lipinski definition) is 2. The second kappa shape index (κ2) is 2.19. The van der Waals surface area contributed by atoms with E-state index in [1.165, 1.54) is 24.2 Å². The molecular weight excluding hydrogens is 168 g/mol. The molecule has 0 aromatic heterocycles. The Bertz CT molecular complexity index is 290. The molecule has 2 heteroatoms. The van der Waals surface area contributed by atoms with Gasteiger partial charge in [-0.1, -0.05) is 23.9 Å². The molecule has 62 valence electrons. The van der Waals surface area contributed by atoms with Crippen LogP contribution in [0.5, 0.6) is 5.75 Å².